The van der Waals surface area contributed by atoms with Crippen LogP contribution in [0.4, 0.5) is 13.2 Å². The van der Waals surface area contributed by atoms with Crippen molar-refractivity contribution in [3.05, 3.63) is 70.1 Å². The molecule has 2 fully saturated rings. The third-order valence-corrected chi connectivity index (χ3v) is 7.99. The summed E-state index contributed by atoms with van der Waals surface area (Å²) in [7, 11) is 0. The number of halogens is 3. The van der Waals surface area contributed by atoms with Gasteiger partial charge in [0.2, 0.25) is 0 Å². The Morgan fingerprint density at radius 1 is 0.970 bits per heavy atom. The second kappa shape index (κ2) is 7.30. The maximum Gasteiger partial charge on any atom is 0.416 e. The van der Waals surface area contributed by atoms with E-state index >= 15 is 0 Å². The van der Waals surface area contributed by atoms with Crippen molar-refractivity contribution in [2.24, 2.45) is 0 Å². The Morgan fingerprint density at radius 3 is 2.45 bits per heavy atom. The molecule has 0 saturated carbocycles. The second-order valence-electron chi connectivity index (χ2n) is 8.92. The largest absolute Gasteiger partial charge is 0.416 e. The van der Waals surface area contributed by atoms with Gasteiger partial charge < -0.3 is 9.80 Å². The number of benzene rings is 2. The number of hydrogen-bond donors (Lipinski definition) is 0. The molecule has 2 saturated heterocycles. The molecule has 3 aliphatic heterocycles. The average Bonchev–Trinajstić information content (AvgIpc) is 3.29. The van der Waals surface area contributed by atoms with E-state index in [0.717, 1.165) is 47.7 Å². The van der Waals surface area contributed by atoms with Crippen molar-refractivity contribution in [2.45, 2.75) is 24.8 Å². The Kier molecular flexibility index (Phi) is 4.57. The molecule has 0 bridgehead atoms. The number of amides is 2. The summed E-state index contributed by atoms with van der Waals surface area (Å²) < 4.78 is 39.3. The van der Waals surface area contributed by atoms with Crippen LogP contribution in [0.5, 0.6) is 0 Å². The number of likely N-dealkylation sites (tertiary alicyclic amines) is 2. The van der Waals surface area contributed by atoms with Crippen LogP contribution in [-0.4, -0.2) is 64.8 Å². The topological polar surface area (TPSA) is 43.9 Å². The summed E-state index contributed by atoms with van der Waals surface area (Å²) >= 11 is 1.11. The summed E-state index contributed by atoms with van der Waals surface area (Å²) in [5.41, 5.74) is 1.17. The number of alkyl halides is 3. The highest BCUT2D eigenvalue weighted by atomic mass is 32.1. The summed E-state index contributed by atoms with van der Waals surface area (Å²) in [4.78, 5) is 31.9. The lowest BCUT2D eigenvalue weighted by molar-refractivity contribution is -0.137. The predicted octanol–water partition coefficient (Wildman–Crippen LogP) is 4.08. The van der Waals surface area contributed by atoms with E-state index < -0.39 is 11.7 Å². The van der Waals surface area contributed by atoms with Crippen molar-refractivity contribution in [3.8, 4) is 0 Å². The molecule has 0 radical (unpaired) electrons. The third-order valence-electron chi connectivity index (χ3n) is 6.90. The van der Waals surface area contributed by atoms with Crippen LogP contribution in [0.2, 0.25) is 0 Å². The van der Waals surface area contributed by atoms with E-state index in [4.69, 9.17) is 0 Å². The fraction of sp³-hybridized carbons (Fsp3) is 0.333. The lowest BCUT2D eigenvalue weighted by Crippen LogP contribution is -2.70. The van der Waals surface area contributed by atoms with Crippen molar-refractivity contribution in [3.63, 3.8) is 0 Å². The summed E-state index contributed by atoms with van der Waals surface area (Å²) in [5.74, 6) is -0.0395. The van der Waals surface area contributed by atoms with Crippen LogP contribution >= 0.6 is 11.3 Å². The second-order valence-corrected chi connectivity index (χ2v) is 10.0. The van der Waals surface area contributed by atoms with E-state index in [1.54, 1.807) is 11.0 Å². The summed E-state index contributed by atoms with van der Waals surface area (Å²) in [6.45, 7) is 3.46. The Morgan fingerprint density at radius 2 is 1.73 bits per heavy atom. The first-order chi connectivity index (χ1) is 15.8. The molecule has 6 rings (SSSR count). The molecule has 2 aromatic carbocycles. The zero-order chi connectivity index (χ0) is 22.9. The molecule has 3 aliphatic rings. The predicted molar refractivity (Wildman–Crippen MR) is 118 cm³/mol. The number of thiophene rings is 1. The Hall–Kier alpha value is -2.91. The zero-order valence-electron chi connectivity index (χ0n) is 17.5. The van der Waals surface area contributed by atoms with Crippen LogP contribution in [0, 0.1) is 0 Å². The van der Waals surface area contributed by atoms with Gasteiger partial charge in [-0.1, -0.05) is 24.3 Å². The Labute approximate surface area is 192 Å². The molecule has 4 heterocycles. The number of fused-ring (bicyclic) bond motifs is 2. The molecule has 9 heteroatoms. The molecular weight excluding hydrogens is 451 g/mol. The molecule has 0 spiro atoms. The summed E-state index contributed by atoms with van der Waals surface area (Å²) in [6, 6.07) is 13.4. The smallest absolute Gasteiger partial charge is 0.335 e. The van der Waals surface area contributed by atoms with Crippen LogP contribution in [-0.2, 0) is 12.7 Å². The maximum absolute atomic E-state index is 13.0. The van der Waals surface area contributed by atoms with Crippen molar-refractivity contribution < 1.29 is 22.8 Å². The van der Waals surface area contributed by atoms with Gasteiger partial charge in [0, 0.05) is 49.0 Å². The Balaban J connectivity index is 1.05. The van der Waals surface area contributed by atoms with Crippen molar-refractivity contribution in [2.75, 3.05) is 26.2 Å². The van der Waals surface area contributed by atoms with Crippen molar-refractivity contribution >= 4 is 33.2 Å². The van der Waals surface area contributed by atoms with Gasteiger partial charge in [0.25, 0.3) is 11.8 Å². The first-order valence-electron chi connectivity index (χ1n) is 10.8. The van der Waals surface area contributed by atoms with Crippen molar-refractivity contribution in [1.82, 2.24) is 14.7 Å². The molecule has 1 aromatic heterocycles. The number of rotatable bonds is 3. The minimum Gasteiger partial charge on any atom is -0.335 e. The van der Waals surface area contributed by atoms with Gasteiger partial charge in [-0.3, -0.25) is 14.5 Å². The van der Waals surface area contributed by atoms with Crippen molar-refractivity contribution in [1.29, 1.82) is 0 Å². The molecule has 33 heavy (non-hydrogen) atoms. The van der Waals surface area contributed by atoms with Gasteiger partial charge in [-0.05, 0) is 35.2 Å². The van der Waals surface area contributed by atoms with E-state index in [0.29, 0.717) is 34.6 Å². The van der Waals surface area contributed by atoms with Crippen LogP contribution in [0.15, 0.2) is 48.5 Å². The molecular formula is C24H20F3N3O2S. The zero-order valence-corrected chi connectivity index (χ0v) is 18.3. The van der Waals surface area contributed by atoms with Gasteiger partial charge in [0.15, 0.2) is 0 Å². The molecule has 0 aliphatic carbocycles. The number of hydrogen-bond acceptors (Lipinski definition) is 4. The number of nitrogens with zero attached hydrogens (tertiary/aromatic N) is 3. The highest BCUT2D eigenvalue weighted by Crippen LogP contribution is 2.36. The molecule has 0 atom stereocenters. The number of carbonyl (C=O) groups is 2. The van der Waals surface area contributed by atoms with E-state index in [9.17, 15) is 22.8 Å². The Bertz CT molecular complexity index is 1280. The van der Waals surface area contributed by atoms with Gasteiger partial charge in [-0.15, -0.1) is 11.3 Å². The first kappa shape index (κ1) is 20.7. The normalized spacial score (nSPS) is 19.7. The van der Waals surface area contributed by atoms with E-state index in [2.05, 4.69) is 4.90 Å². The standard InChI is InChI=1S/C24H20F3N3O2S/c25-24(26,27)16-6-5-14-7-21(33-20(14)8-16)23(32)29-10-17(11-29)28-12-18(13-28)30-9-15-3-1-2-4-19(15)22(30)31/h1-8,17-18H,9-13H2. The minimum absolute atomic E-state index is 0.0964. The highest BCUT2D eigenvalue weighted by molar-refractivity contribution is 7.20. The third kappa shape index (κ3) is 3.41. The van der Waals surface area contributed by atoms with E-state index in [1.165, 1.54) is 6.07 Å². The quantitative estimate of drug-likeness (QED) is 0.578. The molecule has 3 aromatic rings. The van der Waals surface area contributed by atoms with Gasteiger partial charge in [0.05, 0.1) is 16.5 Å². The molecule has 170 valence electrons. The highest BCUT2D eigenvalue weighted by Gasteiger charge is 2.45. The molecule has 0 unspecified atom stereocenters. The fourth-order valence-corrected chi connectivity index (χ4v) is 5.95. The summed E-state index contributed by atoms with van der Waals surface area (Å²) in [6.07, 6.45) is -4.40. The van der Waals surface area contributed by atoms with E-state index in [1.807, 2.05) is 29.2 Å². The number of carbonyl (C=O) groups excluding carboxylic acids is 2. The summed E-state index contributed by atoms with van der Waals surface area (Å²) in [5, 5.41) is 0.648. The van der Waals surface area contributed by atoms with Gasteiger partial charge in [0.1, 0.15) is 0 Å². The van der Waals surface area contributed by atoms with Gasteiger partial charge in [-0.2, -0.15) is 13.2 Å². The maximum atomic E-state index is 13.0. The van der Waals surface area contributed by atoms with Crippen LogP contribution in [0.1, 0.15) is 31.2 Å². The lowest BCUT2D eigenvalue weighted by atomic mass is 9.98. The first-order valence-corrected chi connectivity index (χ1v) is 11.6. The lowest BCUT2D eigenvalue weighted by Gasteiger charge is -2.53. The molecule has 5 nitrogen and oxygen atoms in total. The molecule has 0 N–H and O–H groups in total. The van der Waals surface area contributed by atoms with E-state index in [-0.39, 0.29) is 23.9 Å². The SMILES string of the molecule is O=C(c1cc2ccc(C(F)(F)F)cc2s1)N1CC(N2CC(N3Cc4ccccc4C3=O)C2)C1. The van der Waals surface area contributed by atoms with Gasteiger partial charge >= 0.3 is 6.18 Å². The van der Waals surface area contributed by atoms with Gasteiger partial charge in [-0.25, -0.2) is 0 Å². The van der Waals surface area contributed by atoms with Crippen LogP contribution < -0.4 is 0 Å². The minimum atomic E-state index is -4.40. The average molecular weight is 472 g/mol. The fourth-order valence-electron chi connectivity index (χ4n) is 4.88. The molecule has 2 amide bonds. The van der Waals surface area contributed by atoms with Crippen LogP contribution in [0.25, 0.3) is 10.1 Å². The monoisotopic (exact) mass is 471 g/mol. The van der Waals surface area contributed by atoms with Crippen LogP contribution in [0.3, 0.4) is 0 Å².